The van der Waals surface area contributed by atoms with Crippen molar-refractivity contribution in [1.29, 1.82) is 0 Å². The van der Waals surface area contributed by atoms with E-state index in [1.165, 1.54) is 24.1 Å². The van der Waals surface area contributed by atoms with Crippen molar-refractivity contribution in [3.8, 4) is 0 Å². The predicted molar refractivity (Wildman–Crippen MR) is 83.6 cm³/mol. The summed E-state index contributed by atoms with van der Waals surface area (Å²) in [5, 5.41) is 3.83. The number of hydrogen-bond donors (Lipinski definition) is 1. The van der Waals surface area contributed by atoms with Gasteiger partial charge in [-0.3, -0.25) is 0 Å². The first-order chi connectivity index (χ1) is 10.3. The zero-order valence-electron chi connectivity index (χ0n) is 12.8. The molecular weight excluding hydrogens is 262 g/mol. The van der Waals surface area contributed by atoms with Crippen LogP contribution in [-0.4, -0.2) is 31.5 Å². The lowest BCUT2D eigenvalue weighted by molar-refractivity contribution is -0.102. The van der Waals surface area contributed by atoms with E-state index in [1.54, 1.807) is 0 Å². The first kappa shape index (κ1) is 13.6. The third-order valence-electron chi connectivity index (χ3n) is 5.60. The summed E-state index contributed by atoms with van der Waals surface area (Å²) in [5.74, 6) is 1.38. The van der Waals surface area contributed by atoms with Crippen molar-refractivity contribution in [2.24, 2.45) is 11.8 Å². The van der Waals surface area contributed by atoms with Crippen molar-refractivity contribution < 1.29 is 9.47 Å². The van der Waals surface area contributed by atoms with Crippen LogP contribution in [0.4, 0.5) is 5.69 Å². The van der Waals surface area contributed by atoms with Gasteiger partial charge in [0.05, 0.1) is 12.2 Å². The van der Waals surface area contributed by atoms with Crippen LogP contribution in [0.25, 0.3) is 0 Å². The second-order valence-corrected chi connectivity index (χ2v) is 7.10. The van der Waals surface area contributed by atoms with Crippen molar-refractivity contribution in [1.82, 2.24) is 0 Å². The summed E-state index contributed by atoms with van der Waals surface area (Å²) in [4.78, 5) is 0. The van der Waals surface area contributed by atoms with Gasteiger partial charge in [-0.05, 0) is 42.7 Å². The zero-order valence-corrected chi connectivity index (χ0v) is 12.8. The highest BCUT2D eigenvalue weighted by molar-refractivity contribution is 5.54. The molecule has 0 bridgehead atoms. The lowest BCUT2D eigenvalue weighted by atomic mass is 9.74. The molecule has 2 fully saturated rings. The van der Waals surface area contributed by atoms with Gasteiger partial charge in [0.25, 0.3) is 0 Å². The van der Waals surface area contributed by atoms with E-state index in [2.05, 4.69) is 36.5 Å². The summed E-state index contributed by atoms with van der Waals surface area (Å²) >= 11 is 0. The molecular formula is C18H25NO2. The molecule has 0 radical (unpaired) electrons. The van der Waals surface area contributed by atoms with Gasteiger partial charge in [-0.15, -0.1) is 0 Å². The van der Waals surface area contributed by atoms with E-state index in [1.807, 2.05) is 0 Å². The Balaban J connectivity index is 1.53. The number of fused-ring (bicyclic) bond motifs is 1. The number of para-hydroxylation sites is 1. The van der Waals surface area contributed by atoms with Gasteiger partial charge in [0.1, 0.15) is 0 Å². The minimum Gasteiger partial charge on any atom is -0.382 e. The molecule has 0 aromatic heterocycles. The molecule has 0 aliphatic carbocycles. The second kappa shape index (κ2) is 5.29. The maximum absolute atomic E-state index is 6.10. The minimum absolute atomic E-state index is 0.0152. The van der Waals surface area contributed by atoms with Gasteiger partial charge in [-0.25, -0.2) is 0 Å². The van der Waals surface area contributed by atoms with Crippen molar-refractivity contribution in [3.05, 3.63) is 29.8 Å². The van der Waals surface area contributed by atoms with Gasteiger partial charge in [0.15, 0.2) is 0 Å². The summed E-state index contributed by atoms with van der Waals surface area (Å²) < 4.78 is 11.7. The zero-order chi connectivity index (χ0) is 14.3. The molecule has 1 aromatic rings. The van der Waals surface area contributed by atoms with E-state index in [-0.39, 0.29) is 5.60 Å². The van der Waals surface area contributed by atoms with Gasteiger partial charge < -0.3 is 14.8 Å². The number of rotatable bonds is 1. The molecule has 1 aromatic carbocycles. The standard InChI is InChI=1S/C18H25NO2/c1-13-10-14-4-2-3-5-16(14)19-17(13)15-6-8-21-18(11-15)7-9-20-12-18/h2-5,13,15,17,19H,6-12H2,1H3. The van der Waals surface area contributed by atoms with Crippen LogP contribution < -0.4 is 5.32 Å². The van der Waals surface area contributed by atoms with E-state index in [9.17, 15) is 0 Å². The normalized spacial score (nSPS) is 39.0. The van der Waals surface area contributed by atoms with Crippen LogP contribution in [-0.2, 0) is 15.9 Å². The summed E-state index contributed by atoms with van der Waals surface area (Å²) in [6, 6.07) is 9.33. The largest absolute Gasteiger partial charge is 0.382 e. The molecule has 4 atom stereocenters. The lowest BCUT2D eigenvalue weighted by Crippen LogP contribution is -2.48. The lowest BCUT2D eigenvalue weighted by Gasteiger charge is -2.44. The van der Waals surface area contributed by atoms with Crippen LogP contribution in [0.1, 0.15) is 31.7 Å². The smallest absolute Gasteiger partial charge is 0.0940 e. The average Bonchev–Trinajstić information content (AvgIpc) is 2.94. The molecule has 4 unspecified atom stereocenters. The van der Waals surface area contributed by atoms with Gasteiger partial charge in [0, 0.05) is 31.4 Å². The van der Waals surface area contributed by atoms with E-state index >= 15 is 0 Å². The highest BCUT2D eigenvalue weighted by Crippen LogP contribution is 2.41. The topological polar surface area (TPSA) is 30.5 Å². The fraction of sp³-hybridized carbons (Fsp3) is 0.667. The molecule has 0 saturated carbocycles. The van der Waals surface area contributed by atoms with E-state index in [0.29, 0.717) is 17.9 Å². The molecule has 3 aliphatic heterocycles. The van der Waals surface area contributed by atoms with Crippen LogP contribution in [0, 0.1) is 11.8 Å². The van der Waals surface area contributed by atoms with Gasteiger partial charge in [-0.2, -0.15) is 0 Å². The number of anilines is 1. The van der Waals surface area contributed by atoms with E-state index < -0.39 is 0 Å². The molecule has 3 nitrogen and oxygen atoms in total. The van der Waals surface area contributed by atoms with Gasteiger partial charge in [0.2, 0.25) is 0 Å². The van der Waals surface area contributed by atoms with Crippen LogP contribution in [0.15, 0.2) is 24.3 Å². The first-order valence-electron chi connectivity index (χ1n) is 8.32. The van der Waals surface area contributed by atoms with E-state index in [0.717, 1.165) is 32.7 Å². The fourth-order valence-corrected chi connectivity index (χ4v) is 4.45. The Kier molecular flexibility index (Phi) is 3.43. The first-order valence-corrected chi connectivity index (χ1v) is 8.32. The Morgan fingerprint density at radius 1 is 1.24 bits per heavy atom. The fourth-order valence-electron chi connectivity index (χ4n) is 4.45. The molecule has 0 amide bonds. The maximum Gasteiger partial charge on any atom is 0.0940 e. The molecule has 4 rings (SSSR count). The molecule has 2 saturated heterocycles. The Bertz CT molecular complexity index is 510. The number of ether oxygens (including phenoxy) is 2. The highest BCUT2D eigenvalue weighted by atomic mass is 16.6. The number of hydrogen-bond acceptors (Lipinski definition) is 3. The Morgan fingerprint density at radius 2 is 2.14 bits per heavy atom. The van der Waals surface area contributed by atoms with Crippen LogP contribution in [0.3, 0.4) is 0 Å². The van der Waals surface area contributed by atoms with Crippen molar-refractivity contribution in [2.75, 3.05) is 25.1 Å². The molecule has 1 spiro atoms. The molecule has 21 heavy (non-hydrogen) atoms. The third-order valence-corrected chi connectivity index (χ3v) is 5.60. The summed E-state index contributed by atoms with van der Waals surface area (Å²) in [6.07, 6.45) is 4.58. The minimum atomic E-state index is 0.0152. The molecule has 1 N–H and O–H groups in total. The van der Waals surface area contributed by atoms with E-state index in [4.69, 9.17) is 9.47 Å². The quantitative estimate of drug-likeness (QED) is 0.860. The van der Waals surface area contributed by atoms with Crippen molar-refractivity contribution >= 4 is 5.69 Å². The third kappa shape index (κ3) is 2.47. The molecule has 114 valence electrons. The molecule has 3 heteroatoms. The molecule has 3 heterocycles. The average molecular weight is 287 g/mol. The Hall–Kier alpha value is -1.06. The summed E-state index contributed by atoms with van der Waals surface area (Å²) in [5.41, 5.74) is 2.82. The predicted octanol–water partition coefficient (Wildman–Crippen LogP) is 3.25. The van der Waals surface area contributed by atoms with Crippen LogP contribution >= 0.6 is 0 Å². The number of nitrogens with one attached hydrogen (secondary N) is 1. The monoisotopic (exact) mass is 287 g/mol. The number of benzene rings is 1. The SMILES string of the molecule is CC1Cc2ccccc2NC1C1CCOC2(CCOC2)C1. The van der Waals surface area contributed by atoms with Crippen LogP contribution in [0.2, 0.25) is 0 Å². The summed E-state index contributed by atoms with van der Waals surface area (Å²) in [7, 11) is 0. The Labute approximate surface area is 127 Å². The van der Waals surface area contributed by atoms with Gasteiger partial charge >= 0.3 is 0 Å². The van der Waals surface area contributed by atoms with Crippen LogP contribution in [0.5, 0.6) is 0 Å². The van der Waals surface area contributed by atoms with Crippen molar-refractivity contribution in [3.63, 3.8) is 0 Å². The molecule has 3 aliphatic rings. The Morgan fingerprint density at radius 3 is 3.00 bits per heavy atom. The van der Waals surface area contributed by atoms with Crippen molar-refractivity contribution in [2.45, 2.75) is 44.2 Å². The second-order valence-electron chi connectivity index (χ2n) is 7.10. The van der Waals surface area contributed by atoms with Gasteiger partial charge in [-0.1, -0.05) is 25.1 Å². The summed E-state index contributed by atoms with van der Waals surface area (Å²) in [6.45, 7) is 4.94. The maximum atomic E-state index is 6.10. The highest BCUT2D eigenvalue weighted by Gasteiger charge is 2.44.